The summed E-state index contributed by atoms with van der Waals surface area (Å²) in [6.45, 7) is 3.92. The van der Waals surface area contributed by atoms with E-state index in [1.54, 1.807) is 48.5 Å². The van der Waals surface area contributed by atoms with E-state index in [-0.39, 0.29) is 29.3 Å². The Bertz CT molecular complexity index is 1170. The van der Waals surface area contributed by atoms with Gasteiger partial charge >= 0.3 is 0 Å². The van der Waals surface area contributed by atoms with Gasteiger partial charge in [0.2, 0.25) is 10.0 Å². The monoisotopic (exact) mass is 477 g/mol. The molecule has 0 unspecified atom stereocenters. The number of aryl methyl sites for hydroxylation is 2. The Morgan fingerprint density at radius 2 is 1.41 bits per heavy atom. The first kappa shape index (κ1) is 23.4. The third-order valence-electron chi connectivity index (χ3n) is 7.17. The molecule has 1 spiro atoms. The van der Waals surface area contributed by atoms with Crippen LogP contribution in [0.2, 0.25) is 0 Å². The van der Waals surface area contributed by atoms with Gasteiger partial charge in [0, 0.05) is 18.5 Å². The standard InChI is InChI=1S/C24H31NO5S2/c1-18-6-10-20(11-7-18)31(27,28)23-14-16-25(17-24(23)15-4-3-5-22(24)26)32(29,30)21-12-8-19(2)9-13-21/h6-13,22-23,26H,3-5,14-17H2,1-2H3/t22-,23+,24+/m0/s1. The summed E-state index contributed by atoms with van der Waals surface area (Å²) >= 11 is 0. The third-order valence-corrected chi connectivity index (χ3v) is 11.4. The van der Waals surface area contributed by atoms with Crippen LogP contribution in [0.5, 0.6) is 0 Å². The van der Waals surface area contributed by atoms with Gasteiger partial charge in [-0.15, -0.1) is 0 Å². The van der Waals surface area contributed by atoms with E-state index < -0.39 is 36.6 Å². The lowest BCUT2D eigenvalue weighted by molar-refractivity contribution is -0.0402. The maximum Gasteiger partial charge on any atom is 0.243 e. The van der Waals surface area contributed by atoms with Crippen molar-refractivity contribution in [3.05, 3.63) is 59.7 Å². The number of hydrogen-bond donors (Lipinski definition) is 1. The molecule has 0 radical (unpaired) electrons. The molecule has 1 aliphatic carbocycles. The van der Waals surface area contributed by atoms with Crippen LogP contribution >= 0.6 is 0 Å². The second-order valence-electron chi connectivity index (χ2n) is 9.28. The highest BCUT2D eigenvalue weighted by Gasteiger charge is 2.56. The maximum atomic E-state index is 13.7. The quantitative estimate of drug-likeness (QED) is 0.728. The molecule has 2 aromatic carbocycles. The molecule has 1 heterocycles. The van der Waals surface area contributed by atoms with Gasteiger partial charge in [0.15, 0.2) is 9.84 Å². The molecule has 4 rings (SSSR count). The molecule has 32 heavy (non-hydrogen) atoms. The van der Waals surface area contributed by atoms with Gasteiger partial charge in [-0.25, -0.2) is 16.8 Å². The van der Waals surface area contributed by atoms with Gasteiger partial charge in [-0.05, 0) is 57.4 Å². The van der Waals surface area contributed by atoms with E-state index >= 15 is 0 Å². The molecule has 3 atom stereocenters. The van der Waals surface area contributed by atoms with Gasteiger partial charge in [0.05, 0.1) is 21.1 Å². The summed E-state index contributed by atoms with van der Waals surface area (Å²) in [5.74, 6) is 0. The van der Waals surface area contributed by atoms with Gasteiger partial charge in [-0.1, -0.05) is 48.2 Å². The van der Waals surface area contributed by atoms with Gasteiger partial charge in [-0.2, -0.15) is 4.31 Å². The highest BCUT2D eigenvalue weighted by molar-refractivity contribution is 7.92. The van der Waals surface area contributed by atoms with Gasteiger partial charge in [0.1, 0.15) is 0 Å². The minimum absolute atomic E-state index is 0.0140. The molecule has 1 aliphatic heterocycles. The normalized spacial score (nSPS) is 27.5. The second kappa shape index (κ2) is 8.56. The van der Waals surface area contributed by atoms with Crippen molar-refractivity contribution in [3.63, 3.8) is 0 Å². The molecule has 1 saturated heterocycles. The number of nitrogens with zero attached hydrogens (tertiary/aromatic N) is 1. The third kappa shape index (κ3) is 4.02. The van der Waals surface area contributed by atoms with Crippen molar-refractivity contribution in [2.75, 3.05) is 13.1 Å². The molecule has 8 heteroatoms. The summed E-state index contributed by atoms with van der Waals surface area (Å²) in [7, 11) is -7.53. The average molecular weight is 478 g/mol. The van der Waals surface area contributed by atoms with Crippen molar-refractivity contribution in [2.45, 2.75) is 67.1 Å². The topological polar surface area (TPSA) is 91.8 Å². The lowest BCUT2D eigenvalue weighted by atomic mass is 9.67. The van der Waals surface area contributed by atoms with Crippen molar-refractivity contribution >= 4 is 19.9 Å². The van der Waals surface area contributed by atoms with E-state index in [1.165, 1.54) is 4.31 Å². The number of aliphatic hydroxyl groups excluding tert-OH is 1. The van der Waals surface area contributed by atoms with Crippen LogP contribution in [-0.4, -0.2) is 50.7 Å². The van der Waals surface area contributed by atoms with Crippen LogP contribution in [0, 0.1) is 19.3 Å². The fourth-order valence-corrected chi connectivity index (χ4v) is 9.05. The fourth-order valence-electron chi connectivity index (χ4n) is 5.28. The zero-order chi connectivity index (χ0) is 23.1. The van der Waals surface area contributed by atoms with E-state index in [1.807, 2.05) is 13.8 Å². The first-order valence-corrected chi connectivity index (χ1v) is 14.1. The van der Waals surface area contributed by atoms with Crippen LogP contribution < -0.4 is 0 Å². The maximum absolute atomic E-state index is 13.7. The van der Waals surface area contributed by atoms with Crippen molar-refractivity contribution < 1.29 is 21.9 Å². The van der Waals surface area contributed by atoms with E-state index in [4.69, 9.17) is 0 Å². The zero-order valence-electron chi connectivity index (χ0n) is 18.6. The SMILES string of the molecule is Cc1ccc(S(=O)(=O)[C@@H]2CCN(S(=O)(=O)c3ccc(C)cc3)C[C@@]23CCCC[C@@H]3O)cc1. The lowest BCUT2D eigenvalue weighted by Crippen LogP contribution is -2.61. The predicted octanol–water partition coefficient (Wildman–Crippen LogP) is 3.46. The Hall–Kier alpha value is -1.74. The minimum atomic E-state index is -3.79. The highest BCUT2D eigenvalue weighted by atomic mass is 32.2. The zero-order valence-corrected chi connectivity index (χ0v) is 20.2. The molecule has 0 amide bonds. The minimum Gasteiger partial charge on any atom is -0.392 e. The van der Waals surface area contributed by atoms with Crippen LogP contribution in [-0.2, 0) is 19.9 Å². The number of hydrogen-bond acceptors (Lipinski definition) is 5. The molecular weight excluding hydrogens is 446 g/mol. The number of aliphatic hydroxyl groups is 1. The molecule has 0 bridgehead atoms. The number of benzene rings is 2. The van der Waals surface area contributed by atoms with E-state index in [2.05, 4.69) is 0 Å². The lowest BCUT2D eigenvalue weighted by Gasteiger charge is -2.51. The van der Waals surface area contributed by atoms with E-state index in [0.29, 0.717) is 12.8 Å². The summed E-state index contributed by atoms with van der Waals surface area (Å²) in [5, 5.41) is 10.3. The summed E-state index contributed by atoms with van der Waals surface area (Å²) < 4.78 is 55.6. The molecule has 1 N–H and O–H groups in total. The first-order chi connectivity index (χ1) is 15.1. The molecule has 2 aromatic rings. The Balaban J connectivity index is 1.73. The van der Waals surface area contributed by atoms with E-state index in [0.717, 1.165) is 24.0 Å². The largest absolute Gasteiger partial charge is 0.392 e. The van der Waals surface area contributed by atoms with Gasteiger partial charge in [0.25, 0.3) is 0 Å². The second-order valence-corrected chi connectivity index (χ2v) is 13.4. The Kier molecular flexibility index (Phi) is 6.26. The van der Waals surface area contributed by atoms with Crippen LogP contribution in [0.1, 0.15) is 43.2 Å². The van der Waals surface area contributed by atoms with Crippen molar-refractivity contribution in [3.8, 4) is 0 Å². The molecule has 0 aromatic heterocycles. The number of piperidine rings is 1. The number of rotatable bonds is 4. The molecule has 6 nitrogen and oxygen atoms in total. The predicted molar refractivity (Wildman–Crippen MR) is 124 cm³/mol. The Morgan fingerprint density at radius 3 is 1.97 bits per heavy atom. The van der Waals surface area contributed by atoms with Gasteiger partial charge in [-0.3, -0.25) is 0 Å². The first-order valence-electron chi connectivity index (χ1n) is 11.1. The Labute approximate surface area is 191 Å². The Morgan fingerprint density at radius 1 is 0.844 bits per heavy atom. The number of sulfonamides is 1. The highest BCUT2D eigenvalue weighted by Crippen LogP contribution is 2.48. The molecular formula is C24H31NO5S2. The number of sulfone groups is 1. The average Bonchev–Trinajstić information content (AvgIpc) is 2.76. The van der Waals surface area contributed by atoms with Crippen molar-refractivity contribution in [2.24, 2.45) is 5.41 Å². The summed E-state index contributed by atoms with van der Waals surface area (Å²) in [5.41, 5.74) is 0.916. The summed E-state index contributed by atoms with van der Waals surface area (Å²) in [6, 6.07) is 13.5. The molecule has 1 saturated carbocycles. The van der Waals surface area contributed by atoms with Crippen LogP contribution in [0.15, 0.2) is 58.3 Å². The van der Waals surface area contributed by atoms with Crippen LogP contribution in [0.3, 0.4) is 0 Å². The molecule has 2 fully saturated rings. The summed E-state index contributed by atoms with van der Waals surface area (Å²) in [6.07, 6.45) is 1.86. The fraction of sp³-hybridized carbons (Fsp3) is 0.500. The van der Waals surface area contributed by atoms with Crippen LogP contribution in [0.4, 0.5) is 0 Å². The molecule has 174 valence electrons. The van der Waals surface area contributed by atoms with Crippen molar-refractivity contribution in [1.82, 2.24) is 4.31 Å². The van der Waals surface area contributed by atoms with Crippen molar-refractivity contribution in [1.29, 1.82) is 0 Å². The smallest absolute Gasteiger partial charge is 0.243 e. The van der Waals surface area contributed by atoms with E-state index in [9.17, 15) is 21.9 Å². The van der Waals surface area contributed by atoms with Gasteiger partial charge < -0.3 is 5.11 Å². The summed E-state index contributed by atoms with van der Waals surface area (Å²) in [4.78, 5) is 0.434. The van der Waals surface area contributed by atoms with Crippen LogP contribution in [0.25, 0.3) is 0 Å². The molecule has 2 aliphatic rings.